The molecule has 1 atom stereocenters. The maximum Gasteiger partial charge on any atom is 0.249 e. The van der Waals surface area contributed by atoms with Crippen molar-refractivity contribution in [2.45, 2.75) is 25.9 Å². The summed E-state index contributed by atoms with van der Waals surface area (Å²) in [6.07, 6.45) is 1.21. The van der Waals surface area contributed by atoms with Crippen LogP contribution in [0.15, 0.2) is 22.7 Å². The maximum absolute atomic E-state index is 11.8. The Hall–Kier alpha value is -1.40. The molecule has 0 aromatic heterocycles. The molecule has 1 aliphatic rings. The van der Waals surface area contributed by atoms with Gasteiger partial charge in [0.25, 0.3) is 0 Å². The van der Waals surface area contributed by atoms with Crippen LogP contribution in [0.1, 0.15) is 18.4 Å². The van der Waals surface area contributed by atoms with Crippen molar-refractivity contribution in [1.82, 2.24) is 5.32 Å². The minimum absolute atomic E-state index is 0.0474. The van der Waals surface area contributed by atoms with Gasteiger partial charge in [0.1, 0.15) is 6.10 Å². The van der Waals surface area contributed by atoms with Gasteiger partial charge in [-0.15, -0.1) is 0 Å². The minimum atomic E-state index is -0.405. The second-order valence-corrected chi connectivity index (χ2v) is 5.64. The fourth-order valence-electron chi connectivity index (χ4n) is 2.03. The number of hydrogen-bond donors (Lipinski definition) is 2. The molecule has 0 spiro atoms. The van der Waals surface area contributed by atoms with Gasteiger partial charge in [-0.2, -0.15) is 0 Å². The predicted octanol–water partition coefficient (Wildman–Crippen LogP) is 1.99. The summed E-state index contributed by atoms with van der Waals surface area (Å²) in [7, 11) is 0. The molecule has 1 aromatic rings. The Morgan fingerprint density at radius 2 is 2.25 bits per heavy atom. The number of hydrogen-bond acceptors (Lipinski definition) is 3. The van der Waals surface area contributed by atoms with E-state index in [1.165, 1.54) is 0 Å². The van der Waals surface area contributed by atoms with Crippen LogP contribution in [0.25, 0.3) is 0 Å². The summed E-state index contributed by atoms with van der Waals surface area (Å²) in [6.45, 7) is 2.47. The van der Waals surface area contributed by atoms with E-state index in [0.29, 0.717) is 6.61 Å². The monoisotopic (exact) mass is 340 g/mol. The zero-order chi connectivity index (χ0) is 14.5. The molecule has 1 unspecified atom stereocenters. The average Bonchev–Trinajstić information content (AvgIpc) is 2.93. The first kappa shape index (κ1) is 15.0. The summed E-state index contributed by atoms with van der Waals surface area (Å²) in [5, 5.41) is 5.36. The number of rotatable bonds is 4. The molecule has 20 heavy (non-hydrogen) atoms. The van der Waals surface area contributed by atoms with E-state index in [0.717, 1.165) is 28.6 Å². The highest BCUT2D eigenvalue weighted by atomic mass is 79.9. The molecule has 0 bridgehead atoms. The normalized spacial score (nSPS) is 17.8. The Balaban J connectivity index is 1.81. The number of carbonyl (C=O) groups excluding carboxylic acids is 2. The summed E-state index contributed by atoms with van der Waals surface area (Å²) < 4.78 is 6.21. The molecule has 0 radical (unpaired) electrons. The Morgan fingerprint density at radius 3 is 2.90 bits per heavy atom. The third-order valence-electron chi connectivity index (χ3n) is 3.11. The lowest BCUT2D eigenvalue weighted by atomic mass is 10.2. The lowest BCUT2D eigenvalue weighted by molar-refractivity contribution is -0.131. The Morgan fingerprint density at radius 1 is 1.45 bits per heavy atom. The van der Waals surface area contributed by atoms with Gasteiger partial charge in [-0.05, 0) is 43.5 Å². The topological polar surface area (TPSA) is 67.4 Å². The molecule has 2 rings (SSSR count). The van der Waals surface area contributed by atoms with Gasteiger partial charge in [-0.1, -0.05) is 15.9 Å². The molecule has 1 fully saturated rings. The first-order valence-electron chi connectivity index (χ1n) is 6.51. The second-order valence-electron chi connectivity index (χ2n) is 4.73. The molecule has 6 heteroatoms. The third kappa shape index (κ3) is 4.05. The number of anilines is 1. The fraction of sp³-hybridized carbons (Fsp3) is 0.429. The fourth-order valence-corrected chi connectivity index (χ4v) is 2.50. The van der Waals surface area contributed by atoms with Gasteiger partial charge >= 0.3 is 0 Å². The highest BCUT2D eigenvalue weighted by Gasteiger charge is 2.23. The van der Waals surface area contributed by atoms with Crippen molar-refractivity contribution < 1.29 is 14.3 Å². The van der Waals surface area contributed by atoms with Gasteiger partial charge in [-0.25, -0.2) is 0 Å². The van der Waals surface area contributed by atoms with Crippen molar-refractivity contribution in [3.63, 3.8) is 0 Å². The first-order valence-corrected chi connectivity index (χ1v) is 7.31. The SMILES string of the molecule is Cc1cc(Br)ccc1NC(=O)CNC(=O)C1CCCO1. The zero-order valence-corrected chi connectivity index (χ0v) is 12.8. The van der Waals surface area contributed by atoms with E-state index in [1.54, 1.807) is 0 Å². The number of carbonyl (C=O) groups is 2. The number of nitrogens with one attached hydrogen (secondary N) is 2. The molecule has 2 amide bonds. The zero-order valence-electron chi connectivity index (χ0n) is 11.2. The number of ether oxygens (including phenoxy) is 1. The smallest absolute Gasteiger partial charge is 0.249 e. The van der Waals surface area contributed by atoms with E-state index in [2.05, 4.69) is 26.6 Å². The molecule has 1 aliphatic heterocycles. The maximum atomic E-state index is 11.8. The standard InChI is InChI=1S/C14H17BrN2O3/c1-9-7-10(15)4-5-11(9)17-13(18)8-16-14(19)12-3-2-6-20-12/h4-5,7,12H,2-3,6,8H2,1H3,(H,16,19)(H,17,18). The van der Waals surface area contributed by atoms with Crippen LogP contribution in [0.4, 0.5) is 5.69 Å². The predicted molar refractivity (Wildman–Crippen MR) is 79.5 cm³/mol. The number of aryl methyl sites for hydroxylation is 1. The second kappa shape index (κ2) is 6.85. The van der Waals surface area contributed by atoms with E-state index in [1.807, 2.05) is 25.1 Å². The molecular formula is C14H17BrN2O3. The summed E-state index contributed by atoms with van der Waals surface area (Å²) in [5.41, 5.74) is 1.70. The largest absolute Gasteiger partial charge is 0.368 e. The van der Waals surface area contributed by atoms with Gasteiger partial charge in [0.2, 0.25) is 11.8 Å². The minimum Gasteiger partial charge on any atom is -0.368 e. The number of amides is 2. The van der Waals surface area contributed by atoms with Crippen LogP contribution >= 0.6 is 15.9 Å². The van der Waals surface area contributed by atoms with Gasteiger partial charge < -0.3 is 15.4 Å². The molecular weight excluding hydrogens is 324 g/mol. The summed E-state index contributed by atoms with van der Waals surface area (Å²) in [4.78, 5) is 23.5. The van der Waals surface area contributed by atoms with Crippen molar-refractivity contribution in [2.75, 3.05) is 18.5 Å². The average molecular weight is 341 g/mol. The van der Waals surface area contributed by atoms with E-state index < -0.39 is 6.10 Å². The first-order chi connectivity index (χ1) is 9.56. The third-order valence-corrected chi connectivity index (χ3v) is 3.60. The van der Waals surface area contributed by atoms with Gasteiger partial charge in [-0.3, -0.25) is 9.59 Å². The Labute approximate surface area is 126 Å². The van der Waals surface area contributed by atoms with Gasteiger partial charge in [0.15, 0.2) is 0 Å². The molecule has 0 saturated carbocycles. The lowest BCUT2D eigenvalue weighted by Gasteiger charge is -2.11. The quantitative estimate of drug-likeness (QED) is 0.880. The van der Waals surface area contributed by atoms with Gasteiger partial charge in [0, 0.05) is 16.8 Å². The molecule has 5 nitrogen and oxygen atoms in total. The van der Waals surface area contributed by atoms with Crippen molar-refractivity contribution in [1.29, 1.82) is 0 Å². The number of halogens is 1. The molecule has 1 aromatic carbocycles. The van der Waals surface area contributed by atoms with Crippen LogP contribution in [0.3, 0.4) is 0 Å². The molecule has 2 N–H and O–H groups in total. The van der Waals surface area contributed by atoms with E-state index in [4.69, 9.17) is 4.74 Å². The highest BCUT2D eigenvalue weighted by molar-refractivity contribution is 9.10. The van der Waals surface area contributed by atoms with Crippen molar-refractivity contribution >= 4 is 33.4 Å². The van der Waals surface area contributed by atoms with Crippen molar-refractivity contribution in [3.8, 4) is 0 Å². The molecule has 0 aliphatic carbocycles. The lowest BCUT2D eigenvalue weighted by Crippen LogP contribution is -2.39. The van der Waals surface area contributed by atoms with E-state index in [9.17, 15) is 9.59 Å². The Bertz CT molecular complexity index is 513. The molecule has 108 valence electrons. The van der Waals surface area contributed by atoms with E-state index >= 15 is 0 Å². The highest BCUT2D eigenvalue weighted by Crippen LogP contribution is 2.19. The summed E-state index contributed by atoms with van der Waals surface area (Å²) in [5.74, 6) is -0.466. The van der Waals surface area contributed by atoms with Crippen LogP contribution < -0.4 is 10.6 Å². The summed E-state index contributed by atoms with van der Waals surface area (Å²) >= 11 is 3.37. The van der Waals surface area contributed by atoms with Crippen LogP contribution in [-0.4, -0.2) is 31.1 Å². The van der Waals surface area contributed by atoms with Crippen LogP contribution in [0.2, 0.25) is 0 Å². The number of benzene rings is 1. The van der Waals surface area contributed by atoms with Crippen LogP contribution in [0, 0.1) is 6.92 Å². The summed E-state index contributed by atoms with van der Waals surface area (Å²) in [6, 6.07) is 5.59. The Kier molecular flexibility index (Phi) is 5.14. The van der Waals surface area contributed by atoms with Gasteiger partial charge in [0.05, 0.1) is 6.54 Å². The van der Waals surface area contributed by atoms with Crippen molar-refractivity contribution in [2.24, 2.45) is 0 Å². The molecule has 1 saturated heterocycles. The van der Waals surface area contributed by atoms with Crippen LogP contribution in [0.5, 0.6) is 0 Å². The molecule has 1 heterocycles. The van der Waals surface area contributed by atoms with Crippen molar-refractivity contribution in [3.05, 3.63) is 28.2 Å². The van der Waals surface area contributed by atoms with Crippen LogP contribution in [-0.2, 0) is 14.3 Å². The van der Waals surface area contributed by atoms with E-state index in [-0.39, 0.29) is 18.4 Å².